The van der Waals surface area contributed by atoms with E-state index >= 15 is 0 Å². The summed E-state index contributed by atoms with van der Waals surface area (Å²) in [6, 6.07) is 4.06. The summed E-state index contributed by atoms with van der Waals surface area (Å²) in [5.41, 5.74) is -0.431. The van der Waals surface area contributed by atoms with E-state index < -0.39 is 11.5 Å². The Morgan fingerprint density at radius 1 is 1.28 bits per heavy atom. The van der Waals surface area contributed by atoms with Gasteiger partial charge in [-0.1, -0.05) is 29.2 Å². The molecule has 0 saturated heterocycles. The number of nitrogens with zero attached hydrogens (tertiary/aromatic N) is 4. The quantitative estimate of drug-likeness (QED) is 0.404. The van der Waals surface area contributed by atoms with Crippen LogP contribution in [0.4, 0.5) is 5.13 Å². The molecule has 11 heteroatoms. The number of rotatable bonds is 5. The summed E-state index contributed by atoms with van der Waals surface area (Å²) in [6.45, 7) is 0. The minimum atomic E-state index is -0.538. The van der Waals surface area contributed by atoms with Crippen LogP contribution in [0.3, 0.4) is 0 Å². The Kier molecular flexibility index (Phi) is 4.61. The topological polar surface area (TPSA) is 89.2 Å². The minimum absolute atomic E-state index is 0.0288. The van der Waals surface area contributed by atoms with Crippen LogP contribution in [-0.4, -0.2) is 25.5 Å². The largest absolute Gasteiger partial charge is 0.296 e. The van der Waals surface area contributed by atoms with Gasteiger partial charge in [0.05, 0.1) is 0 Å². The van der Waals surface area contributed by atoms with E-state index in [1.807, 2.05) is 11.4 Å². The molecule has 0 radical (unpaired) electrons. The van der Waals surface area contributed by atoms with Crippen LogP contribution in [0, 0.1) is 0 Å². The van der Waals surface area contributed by atoms with Crippen LogP contribution < -0.4 is 10.9 Å². The predicted octanol–water partition coefficient (Wildman–Crippen LogP) is 3.21. The number of thioether (sulfide) groups is 1. The molecule has 0 aromatic carbocycles. The monoisotopic (exact) mass is 407 g/mol. The molecule has 126 valence electrons. The number of thiophene rings is 1. The van der Waals surface area contributed by atoms with Crippen molar-refractivity contribution in [2.24, 2.45) is 0 Å². The molecule has 0 saturated carbocycles. The smallest absolute Gasteiger partial charge is 0.271 e. The second-order valence-electron chi connectivity index (χ2n) is 4.73. The standard InChI is InChI=1S/C14H9N5O2S4/c20-10(9-6-15-13-19(11(9)21)3-5-23-13)16-12-17-18-14(25-12)24-7-8-2-1-4-22-8/h1-6H,7H2,(H,16,17,20). The summed E-state index contributed by atoms with van der Waals surface area (Å²) in [5, 5.41) is 14.7. The van der Waals surface area contributed by atoms with E-state index in [0.717, 1.165) is 10.1 Å². The average molecular weight is 408 g/mol. The molecule has 0 spiro atoms. The van der Waals surface area contributed by atoms with Gasteiger partial charge in [-0.15, -0.1) is 32.9 Å². The van der Waals surface area contributed by atoms with Gasteiger partial charge in [-0.2, -0.15) is 0 Å². The number of amides is 1. The summed E-state index contributed by atoms with van der Waals surface area (Å²) in [4.78, 5) is 30.5. The zero-order chi connectivity index (χ0) is 17.2. The lowest BCUT2D eigenvalue weighted by Crippen LogP contribution is -2.25. The van der Waals surface area contributed by atoms with Crippen molar-refractivity contribution in [1.82, 2.24) is 19.6 Å². The summed E-state index contributed by atoms with van der Waals surface area (Å²) in [7, 11) is 0. The third-order valence-corrected chi connectivity index (χ3v) is 6.98. The zero-order valence-corrected chi connectivity index (χ0v) is 15.7. The molecular weight excluding hydrogens is 398 g/mol. The van der Waals surface area contributed by atoms with Gasteiger partial charge in [0.1, 0.15) is 5.56 Å². The molecule has 0 bridgehead atoms. The molecule has 4 heterocycles. The average Bonchev–Trinajstić information content (AvgIpc) is 3.35. The summed E-state index contributed by atoms with van der Waals surface area (Å²) < 4.78 is 2.11. The number of nitrogens with one attached hydrogen (secondary N) is 1. The highest BCUT2D eigenvalue weighted by Gasteiger charge is 2.16. The van der Waals surface area contributed by atoms with Gasteiger partial charge in [-0.3, -0.25) is 19.3 Å². The van der Waals surface area contributed by atoms with Crippen molar-refractivity contribution in [2.75, 3.05) is 5.32 Å². The van der Waals surface area contributed by atoms with E-state index in [1.165, 1.54) is 38.1 Å². The van der Waals surface area contributed by atoms with Gasteiger partial charge in [-0.05, 0) is 11.4 Å². The first-order valence-corrected chi connectivity index (χ1v) is 10.5. The van der Waals surface area contributed by atoms with E-state index in [4.69, 9.17) is 0 Å². The molecule has 1 amide bonds. The molecule has 4 aromatic rings. The lowest BCUT2D eigenvalue weighted by molar-refractivity contribution is 0.102. The van der Waals surface area contributed by atoms with E-state index in [9.17, 15) is 9.59 Å². The number of fused-ring (bicyclic) bond motifs is 1. The minimum Gasteiger partial charge on any atom is -0.296 e. The molecule has 0 fully saturated rings. The summed E-state index contributed by atoms with van der Waals surface area (Å²) in [5.74, 6) is 0.268. The number of carbonyl (C=O) groups is 1. The van der Waals surface area contributed by atoms with Crippen molar-refractivity contribution in [3.8, 4) is 0 Å². The number of carbonyl (C=O) groups excluding carboxylic acids is 1. The molecular formula is C14H9N5O2S4. The van der Waals surface area contributed by atoms with E-state index in [2.05, 4.69) is 26.6 Å². The Morgan fingerprint density at radius 3 is 3.04 bits per heavy atom. The van der Waals surface area contributed by atoms with Crippen LogP contribution in [0.1, 0.15) is 15.2 Å². The van der Waals surface area contributed by atoms with Crippen LogP contribution in [0.2, 0.25) is 0 Å². The fourth-order valence-corrected chi connectivity index (χ4v) is 5.19. The Morgan fingerprint density at radius 2 is 2.20 bits per heavy atom. The van der Waals surface area contributed by atoms with Gasteiger partial charge in [0.2, 0.25) is 5.13 Å². The van der Waals surface area contributed by atoms with Gasteiger partial charge in [0.25, 0.3) is 11.5 Å². The third kappa shape index (κ3) is 3.49. The van der Waals surface area contributed by atoms with Crippen LogP contribution in [0.15, 0.2) is 44.4 Å². The third-order valence-electron chi connectivity index (χ3n) is 3.13. The van der Waals surface area contributed by atoms with Gasteiger partial charge in [0.15, 0.2) is 9.30 Å². The predicted molar refractivity (Wildman–Crippen MR) is 101 cm³/mol. The number of thiazole rings is 1. The highest BCUT2D eigenvalue weighted by atomic mass is 32.2. The number of anilines is 1. The van der Waals surface area contributed by atoms with Crippen LogP contribution >= 0.6 is 45.8 Å². The zero-order valence-electron chi connectivity index (χ0n) is 12.4. The Balaban J connectivity index is 1.47. The fourth-order valence-electron chi connectivity index (χ4n) is 1.99. The van der Waals surface area contributed by atoms with Crippen LogP contribution in [0.5, 0.6) is 0 Å². The number of aromatic nitrogens is 4. The Hall–Kier alpha value is -2.08. The first kappa shape index (κ1) is 16.4. The first-order chi connectivity index (χ1) is 12.2. The number of hydrogen-bond donors (Lipinski definition) is 1. The van der Waals surface area contributed by atoms with E-state index in [0.29, 0.717) is 10.1 Å². The molecule has 0 atom stereocenters. The highest BCUT2D eigenvalue weighted by Crippen LogP contribution is 2.29. The summed E-state index contributed by atoms with van der Waals surface area (Å²) >= 11 is 5.84. The van der Waals surface area contributed by atoms with Crippen molar-refractivity contribution in [3.63, 3.8) is 0 Å². The lowest BCUT2D eigenvalue weighted by Gasteiger charge is -2.00. The normalized spacial score (nSPS) is 11.0. The molecule has 0 aliphatic heterocycles. The van der Waals surface area contributed by atoms with E-state index in [-0.39, 0.29) is 5.56 Å². The maximum absolute atomic E-state index is 12.3. The van der Waals surface area contributed by atoms with Crippen molar-refractivity contribution in [2.45, 2.75) is 10.1 Å². The number of hydrogen-bond acceptors (Lipinski definition) is 9. The lowest BCUT2D eigenvalue weighted by atomic mass is 10.3. The first-order valence-electron chi connectivity index (χ1n) is 6.95. The Labute approximate surface area is 157 Å². The van der Waals surface area contributed by atoms with Gasteiger partial charge >= 0.3 is 0 Å². The van der Waals surface area contributed by atoms with Crippen molar-refractivity contribution in [1.29, 1.82) is 0 Å². The maximum Gasteiger partial charge on any atom is 0.271 e. The molecule has 4 aromatic heterocycles. The molecule has 0 aliphatic carbocycles. The van der Waals surface area contributed by atoms with Crippen molar-refractivity contribution >= 4 is 61.8 Å². The fraction of sp³-hybridized carbons (Fsp3) is 0.0714. The van der Waals surface area contributed by atoms with Gasteiger partial charge in [0, 0.05) is 28.4 Å². The van der Waals surface area contributed by atoms with Crippen molar-refractivity contribution < 1.29 is 4.79 Å². The maximum atomic E-state index is 12.3. The summed E-state index contributed by atoms with van der Waals surface area (Å²) in [6.07, 6.45) is 2.88. The second-order valence-corrected chi connectivity index (χ2v) is 8.83. The molecule has 0 aliphatic rings. The van der Waals surface area contributed by atoms with Crippen LogP contribution in [-0.2, 0) is 5.75 Å². The highest BCUT2D eigenvalue weighted by molar-refractivity contribution is 8.00. The van der Waals surface area contributed by atoms with E-state index in [1.54, 1.807) is 34.7 Å². The molecule has 0 unspecified atom stereocenters. The Bertz CT molecular complexity index is 1080. The molecule has 25 heavy (non-hydrogen) atoms. The van der Waals surface area contributed by atoms with Gasteiger partial charge in [-0.25, -0.2) is 4.98 Å². The molecule has 1 N–H and O–H groups in total. The second kappa shape index (κ2) is 7.04. The van der Waals surface area contributed by atoms with Crippen molar-refractivity contribution in [3.05, 3.63) is 56.1 Å². The molecule has 4 rings (SSSR count). The SMILES string of the molecule is O=C(Nc1nnc(SCc2cccs2)s1)c1cnc2sccn2c1=O. The van der Waals surface area contributed by atoms with Gasteiger partial charge < -0.3 is 0 Å². The molecule has 7 nitrogen and oxygen atoms in total. The van der Waals surface area contributed by atoms with Crippen LogP contribution in [0.25, 0.3) is 4.96 Å².